The lowest BCUT2D eigenvalue weighted by molar-refractivity contribution is -0.118. The summed E-state index contributed by atoms with van der Waals surface area (Å²) in [5.74, 6) is -0.116. The van der Waals surface area contributed by atoms with Crippen molar-refractivity contribution in [2.24, 2.45) is 4.99 Å². The van der Waals surface area contributed by atoms with Gasteiger partial charge in [-0.1, -0.05) is 30.9 Å². The Morgan fingerprint density at radius 1 is 1.25 bits per heavy atom. The monoisotopic (exact) mass is 430 g/mol. The fourth-order valence-corrected chi connectivity index (χ4v) is 3.99. The highest BCUT2D eigenvalue weighted by Crippen LogP contribution is 2.38. The number of aliphatic imine (C=N–C) groups is 1. The van der Waals surface area contributed by atoms with Crippen molar-refractivity contribution >= 4 is 35.7 Å². The Bertz CT molecular complexity index is 1150. The van der Waals surface area contributed by atoms with Crippen molar-refractivity contribution in [3.63, 3.8) is 0 Å². The zero-order chi connectivity index (χ0) is 22.7. The van der Waals surface area contributed by atoms with E-state index in [0.717, 1.165) is 30.3 Å². The molecule has 7 nitrogen and oxygen atoms in total. The first-order chi connectivity index (χ1) is 15.4. The van der Waals surface area contributed by atoms with E-state index in [1.54, 1.807) is 18.2 Å². The lowest BCUT2D eigenvalue weighted by Gasteiger charge is -2.40. The van der Waals surface area contributed by atoms with Gasteiger partial charge in [0.25, 0.3) is 5.91 Å². The molecule has 0 bridgehead atoms. The van der Waals surface area contributed by atoms with Gasteiger partial charge in [-0.2, -0.15) is 0 Å². The van der Waals surface area contributed by atoms with E-state index in [0.29, 0.717) is 29.1 Å². The summed E-state index contributed by atoms with van der Waals surface area (Å²) in [5, 5.41) is 5.40. The molecule has 0 atom stereocenters. The number of carbonyl (C=O) groups excluding carboxylic acids is 3. The van der Waals surface area contributed by atoms with Crippen LogP contribution in [0.3, 0.4) is 0 Å². The molecule has 2 aliphatic rings. The fraction of sp³-hybridized carbons (Fsp3) is 0.280. The van der Waals surface area contributed by atoms with E-state index in [1.165, 1.54) is 6.42 Å². The van der Waals surface area contributed by atoms with Crippen LogP contribution in [0.5, 0.6) is 0 Å². The van der Waals surface area contributed by atoms with Crippen LogP contribution < -0.4 is 10.6 Å². The molecule has 1 saturated carbocycles. The first kappa shape index (κ1) is 21.5. The molecular weight excluding hydrogens is 404 g/mol. The summed E-state index contributed by atoms with van der Waals surface area (Å²) in [7, 11) is 0. The Morgan fingerprint density at radius 2 is 2.06 bits per heavy atom. The molecule has 2 heterocycles. The zero-order valence-electron chi connectivity index (χ0n) is 18.1. The number of aromatic nitrogens is 1. The maximum Gasteiger partial charge on any atom is 0.253 e. The highest BCUT2D eigenvalue weighted by molar-refractivity contribution is 6.05. The van der Waals surface area contributed by atoms with Crippen molar-refractivity contribution in [1.82, 2.24) is 15.2 Å². The van der Waals surface area contributed by atoms with Crippen molar-refractivity contribution in [1.29, 1.82) is 0 Å². The normalized spacial score (nSPS) is 16.4. The van der Waals surface area contributed by atoms with Gasteiger partial charge in [-0.05, 0) is 43.9 Å². The van der Waals surface area contributed by atoms with Crippen LogP contribution in [0.2, 0.25) is 0 Å². The van der Waals surface area contributed by atoms with Crippen molar-refractivity contribution in [3.8, 4) is 0 Å². The lowest BCUT2D eigenvalue weighted by Crippen LogP contribution is -2.39. The molecule has 0 radical (unpaired) electrons. The molecule has 0 saturated heterocycles. The minimum Gasteiger partial charge on any atom is -0.348 e. The summed E-state index contributed by atoms with van der Waals surface area (Å²) in [5.41, 5.74) is 3.41. The molecule has 1 aromatic heterocycles. The number of amides is 2. The Morgan fingerprint density at radius 3 is 2.75 bits per heavy atom. The summed E-state index contributed by atoms with van der Waals surface area (Å²) in [4.78, 5) is 40.4. The van der Waals surface area contributed by atoms with Gasteiger partial charge in [-0.3, -0.25) is 14.4 Å². The van der Waals surface area contributed by atoms with E-state index < -0.39 is 0 Å². The quantitative estimate of drug-likeness (QED) is 0.658. The van der Waals surface area contributed by atoms with E-state index in [9.17, 15) is 14.4 Å². The van der Waals surface area contributed by atoms with E-state index in [-0.39, 0.29) is 23.9 Å². The Balaban J connectivity index is 1.31. The lowest BCUT2D eigenvalue weighted by atomic mass is 9.78. The fourth-order valence-electron chi connectivity index (χ4n) is 3.99. The first-order valence-electron chi connectivity index (χ1n) is 10.7. The van der Waals surface area contributed by atoms with Crippen molar-refractivity contribution in [2.75, 3.05) is 6.54 Å². The number of nitrogens with one attached hydrogen (secondary N) is 2. The SMILES string of the molecule is C=Cc1ccc(C2=CCC(NC(=O)CNC(=O)c3ccn(C4(C)CCC4)c3)=N2)cc1C=O. The van der Waals surface area contributed by atoms with Gasteiger partial charge >= 0.3 is 0 Å². The van der Waals surface area contributed by atoms with Crippen molar-refractivity contribution in [2.45, 2.75) is 38.1 Å². The second kappa shape index (κ2) is 8.78. The smallest absolute Gasteiger partial charge is 0.253 e. The highest BCUT2D eigenvalue weighted by Gasteiger charge is 2.33. The molecule has 1 aliphatic heterocycles. The molecule has 2 aromatic rings. The van der Waals surface area contributed by atoms with E-state index in [2.05, 4.69) is 33.7 Å². The van der Waals surface area contributed by atoms with Crippen molar-refractivity contribution < 1.29 is 14.4 Å². The summed E-state index contributed by atoms with van der Waals surface area (Å²) in [6.45, 7) is 5.74. The third-order valence-electron chi connectivity index (χ3n) is 6.18. The van der Waals surface area contributed by atoms with Gasteiger partial charge in [0.15, 0.2) is 6.29 Å². The van der Waals surface area contributed by atoms with Crippen LogP contribution in [0.1, 0.15) is 64.4 Å². The van der Waals surface area contributed by atoms with Crippen LogP contribution in [-0.4, -0.2) is 35.0 Å². The number of benzene rings is 1. The first-order valence-corrected chi connectivity index (χ1v) is 10.7. The van der Waals surface area contributed by atoms with Gasteiger partial charge in [-0.25, -0.2) is 4.99 Å². The molecule has 4 rings (SSSR count). The predicted molar refractivity (Wildman–Crippen MR) is 124 cm³/mol. The largest absolute Gasteiger partial charge is 0.348 e. The van der Waals surface area contributed by atoms with Crippen LogP contribution in [0.15, 0.2) is 54.3 Å². The maximum atomic E-state index is 12.4. The third kappa shape index (κ3) is 4.32. The number of aldehydes is 1. The summed E-state index contributed by atoms with van der Waals surface area (Å²) < 4.78 is 2.09. The molecule has 1 aliphatic carbocycles. The third-order valence-corrected chi connectivity index (χ3v) is 6.18. The van der Waals surface area contributed by atoms with Gasteiger partial charge in [0.1, 0.15) is 5.84 Å². The molecule has 0 unspecified atom stereocenters. The van der Waals surface area contributed by atoms with Gasteiger partial charge < -0.3 is 15.2 Å². The Labute approximate surface area is 186 Å². The molecule has 1 aromatic carbocycles. The molecule has 32 heavy (non-hydrogen) atoms. The highest BCUT2D eigenvalue weighted by atomic mass is 16.2. The number of nitrogens with zero attached hydrogens (tertiary/aromatic N) is 2. The summed E-state index contributed by atoms with van der Waals surface area (Å²) in [6.07, 6.45) is 12.0. The van der Waals surface area contributed by atoms with Crippen LogP contribution >= 0.6 is 0 Å². The maximum absolute atomic E-state index is 12.4. The average molecular weight is 431 g/mol. The number of rotatable bonds is 7. The number of hydrogen-bond acceptors (Lipinski definition) is 4. The minimum absolute atomic E-state index is 0.0969. The van der Waals surface area contributed by atoms with Crippen molar-refractivity contribution in [3.05, 3.63) is 71.6 Å². The van der Waals surface area contributed by atoms with Crippen LogP contribution in [-0.2, 0) is 10.3 Å². The number of carbonyl (C=O) groups is 3. The molecule has 2 amide bonds. The van der Waals surface area contributed by atoms with E-state index in [1.807, 2.05) is 30.6 Å². The van der Waals surface area contributed by atoms with Crippen LogP contribution in [0.4, 0.5) is 0 Å². The van der Waals surface area contributed by atoms with Crippen LogP contribution in [0.25, 0.3) is 11.8 Å². The van der Waals surface area contributed by atoms with Gasteiger partial charge in [0.05, 0.1) is 17.8 Å². The van der Waals surface area contributed by atoms with Gasteiger partial charge in [-0.15, -0.1) is 0 Å². The second-order valence-corrected chi connectivity index (χ2v) is 8.41. The van der Waals surface area contributed by atoms with E-state index >= 15 is 0 Å². The molecular formula is C25H26N4O3. The molecule has 2 N–H and O–H groups in total. The predicted octanol–water partition coefficient (Wildman–Crippen LogP) is 3.53. The van der Waals surface area contributed by atoms with Crippen LogP contribution in [0, 0.1) is 0 Å². The van der Waals surface area contributed by atoms with Gasteiger partial charge in [0, 0.05) is 35.5 Å². The Hall–Kier alpha value is -3.74. The zero-order valence-corrected chi connectivity index (χ0v) is 18.1. The molecule has 1 fully saturated rings. The molecule has 164 valence electrons. The Kier molecular flexibility index (Phi) is 5.90. The molecule has 7 heteroatoms. The molecule has 0 spiro atoms. The minimum atomic E-state index is -0.340. The number of amidine groups is 1. The average Bonchev–Trinajstić information content (AvgIpc) is 3.45. The summed E-state index contributed by atoms with van der Waals surface area (Å²) in [6, 6.07) is 7.20. The standard InChI is InChI=1S/C25H26N4O3/c1-3-17-5-6-18(13-20(17)16-30)21-7-8-22(27-21)28-23(31)14-26-24(32)19-9-12-29(15-19)25(2)10-4-11-25/h3,5-7,9,12-13,15-16H,1,4,8,10-11,14H2,2H3,(H,26,32)(H,27,28,31). The van der Waals surface area contributed by atoms with E-state index in [4.69, 9.17) is 0 Å². The topological polar surface area (TPSA) is 92.6 Å². The summed E-state index contributed by atoms with van der Waals surface area (Å²) >= 11 is 0. The second-order valence-electron chi connectivity index (χ2n) is 8.41. The number of hydrogen-bond donors (Lipinski definition) is 2. The van der Waals surface area contributed by atoms with Gasteiger partial charge in [0.2, 0.25) is 5.91 Å².